The Labute approximate surface area is 116 Å². The first-order chi connectivity index (χ1) is 8.81. The van der Waals surface area contributed by atoms with Crippen LogP contribution in [0.15, 0.2) is 29.0 Å². The van der Waals surface area contributed by atoms with Crippen molar-refractivity contribution in [2.24, 2.45) is 0 Å². The van der Waals surface area contributed by atoms with Gasteiger partial charge in [-0.25, -0.2) is 4.98 Å². The maximum atomic E-state index is 4.66. The summed E-state index contributed by atoms with van der Waals surface area (Å²) < 4.78 is 3.18. The Kier molecular flexibility index (Phi) is 3.66. The Morgan fingerprint density at radius 2 is 2.06 bits per heavy atom. The molecule has 3 rings (SSSR count). The van der Waals surface area contributed by atoms with Crippen LogP contribution in [0.2, 0.25) is 0 Å². The zero-order valence-electron chi connectivity index (χ0n) is 10.5. The number of imidazole rings is 1. The molecule has 3 nitrogen and oxygen atoms in total. The minimum absolute atomic E-state index is 1.03. The van der Waals surface area contributed by atoms with Gasteiger partial charge < -0.3 is 9.30 Å². The number of halogens is 1. The fourth-order valence-corrected chi connectivity index (χ4v) is 2.91. The third-order valence-electron chi connectivity index (χ3n) is 3.61. The number of rotatable bonds is 3. The van der Waals surface area contributed by atoms with E-state index in [1.54, 1.807) is 0 Å². The van der Waals surface area contributed by atoms with E-state index in [0.29, 0.717) is 0 Å². The quantitative estimate of drug-likeness (QED) is 0.868. The van der Waals surface area contributed by atoms with E-state index in [4.69, 9.17) is 0 Å². The van der Waals surface area contributed by atoms with Crippen molar-refractivity contribution in [2.75, 3.05) is 19.6 Å². The molecule has 96 valence electrons. The molecule has 0 atom stereocenters. The van der Waals surface area contributed by atoms with Gasteiger partial charge in [0, 0.05) is 29.8 Å². The lowest BCUT2D eigenvalue weighted by molar-refractivity contribution is 0.231. The maximum Gasteiger partial charge on any atom is 0.138 e. The summed E-state index contributed by atoms with van der Waals surface area (Å²) in [5.41, 5.74) is 2.22. The van der Waals surface area contributed by atoms with E-state index in [9.17, 15) is 0 Å². The highest BCUT2D eigenvalue weighted by atomic mass is 79.9. The number of piperidine rings is 1. The molecule has 3 heterocycles. The third-order valence-corrected chi connectivity index (χ3v) is 4.10. The minimum Gasteiger partial charge on any atom is -0.307 e. The van der Waals surface area contributed by atoms with Crippen LogP contribution in [-0.4, -0.2) is 33.9 Å². The molecule has 1 fully saturated rings. The normalized spacial score (nSPS) is 17.4. The number of pyridine rings is 1. The molecular formula is C14H18BrN3. The van der Waals surface area contributed by atoms with Gasteiger partial charge in [-0.05, 0) is 38.1 Å². The van der Waals surface area contributed by atoms with Crippen LogP contribution in [0, 0.1) is 0 Å². The lowest BCUT2D eigenvalue weighted by Gasteiger charge is -2.25. The van der Waals surface area contributed by atoms with Gasteiger partial charge in [-0.3, -0.25) is 0 Å². The molecule has 0 unspecified atom stereocenters. The van der Waals surface area contributed by atoms with Crippen molar-refractivity contribution < 1.29 is 0 Å². The number of hydrogen-bond acceptors (Lipinski definition) is 2. The average Bonchev–Trinajstić information content (AvgIpc) is 2.79. The van der Waals surface area contributed by atoms with Gasteiger partial charge in [0.2, 0.25) is 0 Å². The highest BCUT2D eigenvalue weighted by Crippen LogP contribution is 2.14. The summed E-state index contributed by atoms with van der Waals surface area (Å²) in [5, 5.41) is 0. The largest absolute Gasteiger partial charge is 0.307 e. The summed E-state index contributed by atoms with van der Waals surface area (Å²) in [6, 6.07) is 4.10. The molecule has 2 aromatic heterocycles. The van der Waals surface area contributed by atoms with Gasteiger partial charge in [-0.1, -0.05) is 22.4 Å². The number of likely N-dealkylation sites (tertiary alicyclic amines) is 1. The van der Waals surface area contributed by atoms with Crippen LogP contribution in [0.4, 0.5) is 0 Å². The Bertz CT molecular complexity index is 529. The smallest absolute Gasteiger partial charge is 0.138 e. The number of hydrogen-bond donors (Lipinski definition) is 0. The van der Waals surface area contributed by atoms with Crippen molar-refractivity contribution in [3.63, 3.8) is 0 Å². The minimum atomic E-state index is 1.03. The standard InChI is InChI=1S/C14H18BrN3/c15-12-4-9-18-11-13(16-14(18)10-12)5-8-17-6-2-1-3-7-17/h4,9-11H,1-3,5-8H2. The van der Waals surface area contributed by atoms with Gasteiger partial charge in [-0.15, -0.1) is 0 Å². The lowest BCUT2D eigenvalue weighted by atomic mass is 10.1. The van der Waals surface area contributed by atoms with Crippen LogP contribution in [0.3, 0.4) is 0 Å². The fourth-order valence-electron chi connectivity index (χ4n) is 2.59. The molecule has 0 radical (unpaired) electrons. The molecule has 4 heteroatoms. The van der Waals surface area contributed by atoms with Crippen molar-refractivity contribution in [3.8, 4) is 0 Å². The summed E-state index contributed by atoms with van der Waals surface area (Å²) in [6.07, 6.45) is 9.37. The Morgan fingerprint density at radius 3 is 2.89 bits per heavy atom. The first kappa shape index (κ1) is 12.2. The summed E-state index contributed by atoms with van der Waals surface area (Å²) in [7, 11) is 0. The molecule has 0 saturated carbocycles. The van der Waals surface area contributed by atoms with E-state index in [1.807, 2.05) is 6.07 Å². The van der Waals surface area contributed by atoms with Gasteiger partial charge in [0.25, 0.3) is 0 Å². The van der Waals surface area contributed by atoms with E-state index in [1.165, 1.54) is 38.0 Å². The first-order valence-corrected chi connectivity index (χ1v) is 7.46. The van der Waals surface area contributed by atoms with Crippen LogP contribution in [0.25, 0.3) is 5.65 Å². The Morgan fingerprint density at radius 1 is 1.22 bits per heavy atom. The van der Waals surface area contributed by atoms with Crippen LogP contribution in [-0.2, 0) is 6.42 Å². The van der Waals surface area contributed by atoms with Gasteiger partial charge in [0.1, 0.15) is 5.65 Å². The van der Waals surface area contributed by atoms with Crippen molar-refractivity contribution >= 4 is 21.6 Å². The monoisotopic (exact) mass is 307 g/mol. The Hall–Kier alpha value is -0.870. The third kappa shape index (κ3) is 2.75. The summed E-state index contributed by atoms with van der Waals surface area (Å²) in [5.74, 6) is 0. The molecule has 2 aromatic rings. The summed E-state index contributed by atoms with van der Waals surface area (Å²) in [4.78, 5) is 7.22. The van der Waals surface area contributed by atoms with Gasteiger partial charge in [-0.2, -0.15) is 0 Å². The molecule has 0 N–H and O–H groups in total. The summed E-state index contributed by atoms with van der Waals surface area (Å²) in [6.45, 7) is 3.67. The number of aromatic nitrogens is 2. The van der Waals surface area contributed by atoms with Gasteiger partial charge in [0.15, 0.2) is 0 Å². The van der Waals surface area contributed by atoms with E-state index in [-0.39, 0.29) is 0 Å². The molecule has 0 aromatic carbocycles. The molecule has 1 saturated heterocycles. The van der Waals surface area contributed by atoms with E-state index in [2.05, 4.69) is 48.7 Å². The van der Waals surface area contributed by atoms with Crippen molar-refractivity contribution in [2.45, 2.75) is 25.7 Å². The molecule has 0 spiro atoms. The highest BCUT2D eigenvalue weighted by molar-refractivity contribution is 9.10. The molecule has 0 aliphatic carbocycles. The second kappa shape index (κ2) is 5.41. The second-order valence-corrected chi connectivity index (χ2v) is 5.91. The van der Waals surface area contributed by atoms with E-state index < -0.39 is 0 Å². The lowest BCUT2D eigenvalue weighted by Crippen LogP contribution is -2.31. The van der Waals surface area contributed by atoms with Gasteiger partial charge >= 0.3 is 0 Å². The maximum absolute atomic E-state index is 4.66. The van der Waals surface area contributed by atoms with Crippen molar-refractivity contribution in [1.29, 1.82) is 0 Å². The van der Waals surface area contributed by atoms with Gasteiger partial charge in [0.05, 0.1) is 5.69 Å². The highest BCUT2D eigenvalue weighted by Gasteiger charge is 2.10. The number of nitrogens with zero attached hydrogens (tertiary/aromatic N) is 3. The topological polar surface area (TPSA) is 20.5 Å². The SMILES string of the molecule is Brc1ccn2cc(CCN3CCCCC3)nc2c1. The van der Waals surface area contributed by atoms with Crippen LogP contribution in [0.5, 0.6) is 0 Å². The molecule has 1 aliphatic rings. The Balaban J connectivity index is 1.67. The van der Waals surface area contributed by atoms with E-state index in [0.717, 1.165) is 23.1 Å². The first-order valence-electron chi connectivity index (χ1n) is 6.67. The predicted molar refractivity (Wildman–Crippen MR) is 76.9 cm³/mol. The zero-order chi connectivity index (χ0) is 12.4. The number of fused-ring (bicyclic) bond motifs is 1. The molecule has 0 amide bonds. The van der Waals surface area contributed by atoms with Crippen molar-refractivity contribution in [1.82, 2.24) is 14.3 Å². The van der Waals surface area contributed by atoms with Crippen LogP contribution in [0.1, 0.15) is 25.0 Å². The second-order valence-electron chi connectivity index (χ2n) is 4.99. The molecule has 1 aliphatic heterocycles. The summed E-state index contributed by atoms with van der Waals surface area (Å²) >= 11 is 3.48. The molecule has 18 heavy (non-hydrogen) atoms. The fraction of sp³-hybridized carbons (Fsp3) is 0.500. The molecule has 0 bridgehead atoms. The average molecular weight is 308 g/mol. The van der Waals surface area contributed by atoms with Crippen molar-refractivity contribution in [3.05, 3.63) is 34.7 Å². The predicted octanol–water partition coefficient (Wildman–Crippen LogP) is 3.13. The molecular weight excluding hydrogens is 290 g/mol. The van der Waals surface area contributed by atoms with Crippen LogP contribution >= 0.6 is 15.9 Å². The van der Waals surface area contributed by atoms with E-state index >= 15 is 0 Å². The zero-order valence-corrected chi connectivity index (χ0v) is 12.1. The van der Waals surface area contributed by atoms with Crippen LogP contribution < -0.4 is 0 Å².